The molecule has 0 amide bonds. The first kappa shape index (κ1) is 27.6. The first-order chi connectivity index (χ1) is 16.3. The zero-order valence-corrected chi connectivity index (χ0v) is 21.9. The molecule has 0 aliphatic heterocycles. The minimum Gasteiger partial charge on any atom is -0.461 e. The van der Waals surface area contributed by atoms with Gasteiger partial charge in [-0.3, -0.25) is 0 Å². The number of sulfonamides is 1. The molecule has 1 saturated carbocycles. The van der Waals surface area contributed by atoms with Crippen LogP contribution in [0.5, 0.6) is 0 Å². The van der Waals surface area contributed by atoms with Crippen LogP contribution < -0.4 is 4.72 Å². The maximum atomic E-state index is 15.6. The van der Waals surface area contributed by atoms with E-state index in [9.17, 15) is 22.0 Å². The van der Waals surface area contributed by atoms with Gasteiger partial charge in [0, 0.05) is 11.1 Å². The Morgan fingerprint density at radius 3 is 2.46 bits per heavy atom. The van der Waals surface area contributed by atoms with Gasteiger partial charge in [0.05, 0.1) is 27.6 Å². The van der Waals surface area contributed by atoms with Gasteiger partial charge in [-0.15, -0.1) is 11.3 Å². The van der Waals surface area contributed by atoms with E-state index in [4.69, 9.17) is 4.74 Å². The van der Waals surface area contributed by atoms with Crippen LogP contribution in [0.2, 0.25) is 0 Å². The van der Waals surface area contributed by atoms with E-state index in [1.807, 2.05) is 0 Å². The Hall–Kier alpha value is -1.98. The van der Waals surface area contributed by atoms with Crippen LogP contribution in [-0.2, 0) is 21.2 Å². The number of hydrogen-bond donors (Lipinski definition) is 1. The van der Waals surface area contributed by atoms with E-state index < -0.39 is 44.2 Å². The lowest BCUT2D eigenvalue weighted by atomic mass is 9.85. The molecule has 1 heterocycles. The third-order valence-electron chi connectivity index (χ3n) is 5.69. The fourth-order valence-corrected chi connectivity index (χ4v) is 6.93. The minimum atomic E-state index is -4.42. The van der Waals surface area contributed by atoms with Gasteiger partial charge in [0.25, 0.3) is 6.43 Å². The molecular formula is C24H31F3N2O4S2. The monoisotopic (exact) mass is 532 g/mol. The van der Waals surface area contributed by atoms with Gasteiger partial charge in [0.1, 0.15) is 5.82 Å². The van der Waals surface area contributed by atoms with Crippen LogP contribution in [0.25, 0.3) is 10.4 Å². The van der Waals surface area contributed by atoms with Gasteiger partial charge in [-0.05, 0) is 52.2 Å². The molecule has 0 saturated heterocycles. The topological polar surface area (TPSA) is 85.4 Å². The molecule has 0 bridgehead atoms. The first-order valence-electron chi connectivity index (χ1n) is 11.7. The van der Waals surface area contributed by atoms with Crippen LogP contribution in [0.3, 0.4) is 0 Å². The second-order valence-corrected chi connectivity index (χ2v) is 12.4. The van der Waals surface area contributed by atoms with E-state index in [0.29, 0.717) is 12.1 Å². The van der Waals surface area contributed by atoms with Crippen LogP contribution in [0.4, 0.5) is 13.2 Å². The zero-order valence-electron chi connectivity index (χ0n) is 20.3. The standard InChI is InChI=1S/C24H31F3N2O4S2/c1-5-33-23(30)22-28-16(13-14-9-7-6-8-10-14)20(34-22)15-11-12-17(18(19(15)25)21(26)27)35(31,32)29-24(2,3)4/h11-12,14,21,29H,5-10,13H2,1-4H3. The van der Waals surface area contributed by atoms with Crippen LogP contribution in [-0.4, -0.2) is 31.5 Å². The number of rotatable bonds is 8. The van der Waals surface area contributed by atoms with E-state index in [1.54, 1.807) is 27.7 Å². The van der Waals surface area contributed by atoms with Gasteiger partial charge < -0.3 is 4.74 Å². The van der Waals surface area contributed by atoms with E-state index >= 15 is 4.39 Å². The van der Waals surface area contributed by atoms with Crippen molar-refractivity contribution in [2.24, 2.45) is 5.92 Å². The predicted molar refractivity (Wildman–Crippen MR) is 129 cm³/mol. The Kier molecular flexibility index (Phi) is 8.64. The van der Waals surface area contributed by atoms with E-state index in [2.05, 4.69) is 9.71 Å². The molecule has 0 radical (unpaired) electrons. The molecule has 0 spiro atoms. The fourth-order valence-electron chi connectivity index (χ4n) is 4.29. The summed E-state index contributed by atoms with van der Waals surface area (Å²) in [5.41, 5.74) is -1.91. The summed E-state index contributed by atoms with van der Waals surface area (Å²) < 4.78 is 76.6. The van der Waals surface area contributed by atoms with Crippen molar-refractivity contribution in [3.63, 3.8) is 0 Å². The summed E-state index contributed by atoms with van der Waals surface area (Å²) in [5, 5.41) is 0.0109. The van der Waals surface area contributed by atoms with Crippen LogP contribution in [0.15, 0.2) is 17.0 Å². The van der Waals surface area contributed by atoms with Crippen molar-refractivity contribution < 1.29 is 31.1 Å². The maximum absolute atomic E-state index is 15.6. The molecule has 194 valence electrons. The third-order valence-corrected chi connectivity index (χ3v) is 8.61. The Labute approximate surface area is 208 Å². The minimum absolute atomic E-state index is 0.0109. The van der Waals surface area contributed by atoms with Crippen molar-refractivity contribution in [3.8, 4) is 10.4 Å². The summed E-state index contributed by atoms with van der Waals surface area (Å²) >= 11 is 0.872. The molecule has 1 fully saturated rings. The van der Waals surface area contributed by atoms with Crippen molar-refractivity contribution in [1.29, 1.82) is 0 Å². The van der Waals surface area contributed by atoms with Gasteiger partial charge >= 0.3 is 5.97 Å². The highest BCUT2D eigenvalue weighted by molar-refractivity contribution is 7.89. The zero-order chi connectivity index (χ0) is 26.0. The van der Waals surface area contributed by atoms with Gasteiger partial charge in [-0.25, -0.2) is 36.1 Å². The van der Waals surface area contributed by atoms with E-state index in [-0.39, 0.29) is 28.0 Å². The Morgan fingerprint density at radius 1 is 1.23 bits per heavy atom. The molecule has 1 N–H and O–H groups in total. The van der Waals surface area contributed by atoms with Crippen molar-refractivity contribution in [2.75, 3.05) is 6.61 Å². The fraction of sp³-hybridized carbons (Fsp3) is 0.583. The molecule has 0 atom stereocenters. The maximum Gasteiger partial charge on any atom is 0.367 e. The molecule has 1 aliphatic carbocycles. The van der Waals surface area contributed by atoms with Gasteiger partial charge in [0.2, 0.25) is 15.0 Å². The molecule has 0 unspecified atom stereocenters. The number of thiazole rings is 1. The number of aromatic nitrogens is 1. The van der Waals surface area contributed by atoms with E-state index in [0.717, 1.165) is 49.5 Å². The van der Waals surface area contributed by atoms with Crippen LogP contribution in [0.1, 0.15) is 87.3 Å². The average Bonchev–Trinajstić information content (AvgIpc) is 3.16. The lowest BCUT2D eigenvalue weighted by Crippen LogP contribution is -2.40. The number of carbonyl (C=O) groups is 1. The van der Waals surface area contributed by atoms with Crippen LogP contribution in [0, 0.1) is 11.7 Å². The number of nitrogens with zero attached hydrogens (tertiary/aromatic N) is 1. The van der Waals surface area contributed by atoms with Crippen molar-refractivity contribution >= 4 is 27.3 Å². The SMILES string of the molecule is CCOC(=O)c1nc(CC2CCCCC2)c(-c2ccc(S(=O)(=O)NC(C)(C)C)c(C(F)F)c2F)s1. The van der Waals surface area contributed by atoms with Gasteiger partial charge in [-0.1, -0.05) is 32.1 Å². The third kappa shape index (κ3) is 6.62. The Morgan fingerprint density at radius 2 is 1.89 bits per heavy atom. The number of esters is 1. The van der Waals surface area contributed by atoms with Gasteiger partial charge in [-0.2, -0.15) is 0 Å². The average molecular weight is 533 g/mol. The van der Waals surface area contributed by atoms with Crippen molar-refractivity contribution in [1.82, 2.24) is 9.71 Å². The number of ether oxygens (including phenoxy) is 1. The van der Waals surface area contributed by atoms with Gasteiger partial charge in [0.15, 0.2) is 0 Å². The molecule has 1 aromatic carbocycles. The number of nitrogens with one attached hydrogen (secondary N) is 1. The summed E-state index contributed by atoms with van der Waals surface area (Å²) in [7, 11) is -4.42. The molecule has 35 heavy (non-hydrogen) atoms. The summed E-state index contributed by atoms with van der Waals surface area (Å²) in [6, 6.07) is 2.16. The second-order valence-electron chi connectivity index (χ2n) is 9.72. The second kappa shape index (κ2) is 11.0. The Balaban J connectivity index is 2.14. The number of benzene rings is 1. The van der Waals surface area contributed by atoms with Crippen molar-refractivity contribution in [3.05, 3.63) is 34.2 Å². The normalized spacial score (nSPS) is 15.5. The highest BCUT2D eigenvalue weighted by Gasteiger charge is 2.33. The number of alkyl halides is 2. The number of halogens is 3. The lowest BCUT2D eigenvalue weighted by molar-refractivity contribution is 0.0525. The molecule has 11 heteroatoms. The molecule has 1 aromatic heterocycles. The number of carbonyl (C=O) groups excluding carboxylic acids is 1. The predicted octanol–water partition coefficient (Wildman–Crippen LogP) is 6.26. The lowest BCUT2D eigenvalue weighted by Gasteiger charge is -2.22. The first-order valence-corrected chi connectivity index (χ1v) is 14.0. The molecule has 1 aliphatic rings. The molecular weight excluding hydrogens is 501 g/mol. The molecule has 2 aromatic rings. The summed E-state index contributed by atoms with van der Waals surface area (Å²) in [4.78, 5) is 16.2. The highest BCUT2D eigenvalue weighted by Crippen LogP contribution is 2.40. The summed E-state index contributed by atoms with van der Waals surface area (Å²) in [6.45, 7) is 6.45. The molecule has 6 nitrogen and oxygen atoms in total. The smallest absolute Gasteiger partial charge is 0.367 e. The highest BCUT2D eigenvalue weighted by atomic mass is 32.2. The summed E-state index contributed by atoms with van der Waals surface area (Å²) in [5.74, 6) is -1.72. The summed E-state index contributed by atoms with van der Waals surface area (Å²) in [6.07, 6.45) is 2.29. The quantitative estimate of drug-likeness (QED) is 0.406. The van der Waals surface area contributed by atoms with E-state index in [1.165, 1.54) is 6.07 Å². The van der Waals surface area contributed by atoms with Crippen molar-refractivity contribution in [2.45, 2.75) is 83.1 Å². The largest absolute Gasteiger partial charge is 0.461 e. The molecule has 3 rings (SSSR count). The Bertz CT molecular complexity index is 1170. The number of hydrogen-bond acceptors (Lipinski definition) is 6. The van der Waals surface area contributed by atoms with Crippen LogP contribution >= 0.6 is 11.3 Å².